The van der Waals surface area contributed by atoms with Gasteiger partial charge in [0.05, 0.1) is 16.8 Å². The zero-order valence-corrected chi connectivity index (χ0v) is 17.2. The molecule has 0 radical (unpaired) electrons. The first kappa shape index (κ1) is 19.4. The van der Waals surface area contributed by atoms with Crippen molar-refractivity contribution in [2.24, 2.45) is 12.0 Å². The Balaban J connectivity index is 1.81. The number of fused-ring (bicyclic) bond motifs is 1. The number of ether oxygens (including phenoxy) is 1. The van der Waals surface area contributed by atoms with E-state index in [-0.39, 0.29) is 5.91 Å². The molecule has 0 saturated heterocycles. The Kier molecular flexibility index (Phi) is 6.11. The SMILES string of the molecule is CCCCCOc1ccc(C(=O)N=c2sc3ccc(C)c(C)c3n2C)cc1. The molecule has 0 N–H and O–H groups in total. The molecule has 0 spiro atoms. The number of hydrogen-bond donors (Lipinski definition) is 0. The number of aryl methyl sites for hydroxylation is 3. The number of thiazole rings is 1. The Morgan fingerprint density at radius 1 is 1.11 bits per heavy atom. The van der Waals surface area contributed by atoms with Crippen LogP contribution in [0.1, 0.15) is 47.7 Å². The normalized spacial score (nSPS) is 11.9. The highest BCUT2D eigenvalue weighted by Crippen LogP contribution is 2.23. The van der Waals surface area contributed by atoms with Crippen LogP contribution in [0.2, 0.25) is 0 Å². The third-order valence-corrected chi connectivity index (χ3v) is 5.90. The fourth-order valence-corrected chi connectivity index (χ4v) is 4.10. The second-order valence-electron chi connectivity index (χ2n) is 6.79. The van der Waals surface area contributed by atoms with E-state index >= 15 is 0 Å². The molecule has 3 aromatic rings. The van der Waals surface area contributed by atoms with Crippen molar-refractivity contribution < 1.29 is 9.53 Å². The van der Waals surface area contributed by atoms with E-state index in [4.69, 9.17) is 4.74 Å². The van der Waals surface area contributed by atoms with Gasteiger partial charge in [0, 0.05) is 12.6 Å². The summed E-state index contributed by atoms with van der Waals surface area (Å²) in [6, 6.07) is 11.4. The number of amides is 1. The van der Waals surface area contributed by atoms with Gasteiger partial charge in [0.2, 0.25) is 0 Å². The van der Waals surface area contributed by atoms with Crippen molar-refractivity contribution in [1.82, 2.24) is 4.57 Å². The van der Waals surface area contributed by atoms with Crippen LogP contribution in [0.15, 0.2) is 41.4 Å². The van der Waals surface area contributed by atoms with Crippen molar-refractivity contribution in [1.29, 1.82) is 0 Å². The first-order valence-electron chi connectivity index (χ1n) is 9.39. The van der Waals surface area contributed by atoms with Gasteiger partial charge in [0.25, 0.3) is 5.91 Å². The minimum absolute atomic E-state index is 0.232. The van der Waals surface area contributed by atoms with Gasteiger partial charge in [-0.3, -0.25) is 4.79 Å². The summed E-state index contributed by atoms with van der Waals surface area (Å²) in [7, 11) is 1.96. The highest BCUT2D eigenvalue weighted by molar-refractivity contribution is 7.16. The lowest BCUT2D eigenvalue weighted by Gasteiger charge is -2.05. The molecule has 0 fully saturated rings. The summed E-state index contributed by atoms with van der Waals surface area (Å²) in [4.78, 5) is 17.7. The predicted molar refractivity (Wildman–Crippen MR) is 112 cm³/mol. The number of benzene rings is 2. The van der Waals surface area contributed by atoms with Gasteiger partial charge >= 0.3 is 0 Å². The van der Waals surface area contributed by atoms with Crippen molar-refractivity contribution in [3.63, 3.8) is 0 Å². The van der Waals surface area contributed by atoms with Gasteiger partial charge in [-0.05, 0) is 61.7 Å². The molecule has 0 unspecified atom stereocenters. The van der Waals surface area contributed by atoms with Crippen molar-refractivity contribution >= 4 is 27.5 Å². The minimum Gasteiger partial charge on any atom is -0.494 e. The largest absolute Gasteiger partial charge is 0.494 e. The molecule has 3 rings (SSSR count). The van der Waals surface area contributed by atoms with E-state index in [1.807, 2.05) is 23.7 Å². The first-order chi connectivity index (χ1) is 13.0. The number of aromatic nitrogens is 1. The zero-order chi connectivity index (χ0) is 19.4. The molecule has 1 amide bonds. The predicted octanol–water partition coefficient (Wildman–Crippen LogP) is 5.17. The molecule has 0 aliphatic rings. The van der Waals surface area contributed by atoms with Gasteiger partial charge < -0.3 is 9.30 Å². The van der Waals surface area contributed by atoms with Crippen LogP contribution in [-0.4, -0.2) is 17.1 Å². The maximum Gasteiger partial charge on any atom is 0.279 e. The quantitative estimate of drug-likeness (QED) is 0.552. The maximum atomic E-state index is 12.6. The van der Waals surface area contributed by atoms with Crippen molar-refractivity contribution in [2.45, 2.75) is 40.0 Å². The van der Waals surface area contributed by atoms with Crippen LogP contribution in [0.3, 0.4) is 0 Å². The molecule has 0 aliphatic heterocycles. The molecule has 1 heterocycles. The number of unbranched alkanes of at least 4 members (excludes halogenated alkanes) is 2. The summed E-state index contributed by atoms with van der Waals surface area (Å²) >= 11 is 1.54. The van der Waals surface area contributed by atoms with E-state index in [1.165, 1.54) is 35.3 Å². The molecule has 0 atom stereocenters. The Hall–Kier alpha value is -2.40. The summed E-state index contributed by atoms with van der Waals surface area (Å²) in [5.41, 5.74) is 4.18. The molecule has 27 heavy (non-hydrogen) atoms. The van der Waals surface area contributed by atoms with E-state index in [2.05, 4.69) is 37.9 Å². The Labute approximate surface area is 164 Å². The molecule has 5 heteroatoms. The van der Waals surface area contributed by atoms with E-state index in [1.54, 1.807) is 12.1 Å². The summed E-state index contributed by atoms with van der Waals surface area (Å²) in [6.07, 6.45) is 3.39. The van der Waals surface area contributed by atoms with Gasteiger partial charge in [0.15, 0.2) is 4.80 Å². The summed E-state index contributed by atoms with van der Waals surface area (Å²) < 4.78 is 8.85. The maximum absolute atomic E-state index is 12.6. The van der Waals surface area contributed by atoms with E-state index in [9.17, 15) is 4.79 Å². The molecule has 142 valence electrons. The van der Waals surface area contributed by atoms with E-state index < -0.39 is 0 Å². The fourth-order valence-electron chi connectivity index (χ4n) is 3.02. The average Bonchev–Trinajstić information content (AvgIpc) is 2.98. The third kappa shape index (κ3) is 4.30. The fraction of sp³-hybridized carbons (Fsp3) is 0.364. The van der Waals surface area contributed by atoms with Crippen molar-refractivity contribution in [3.05, 3.63) is 57.9 Å². The topological polar surface area (TPSA) is 43.6 Å². The van der Waals surface area contributed by atoms with Crippen LogP contribution in [0.4, 0.5) is 0 Å². The zero-order valence-electron chi connectivity index (χ0n) is 16.4. The van der Waals surface area contributed by atoms with Crippen LogP contribution in [0.25, 0.3) is 10.2 Å². The Bertz CT molecular complexity index is 1010. The van der Waals surface area contributed by atoms with Gasteiger partial charge in [-0.25, -0.2) is 0 Å². The Morgan fingerprint density at radius 3 is 2.56 bits per heavy atom. The number of nitrogens with zero attached hydrogens (tertiary/aromatic N) is 2. The number of carbonyl (C=O) groups is 1. The third-order valence-electron chi connectivity index (χ3n) is 4.80. The van der Waals surface area contributed by atoms with Crippen LogP contribution in [0.5, 0.6) is 5.75 Å². The molecule has 0 aliphatic carbocycles. The summed E-state index contributed by atoms with van der Waals surface area (Å²) in [5.74, 6) is 0.560. The molecule has 4 nitrogen and oxygen atoms in total. The summed E-state index contributed by atoms with van der Waals surface area (Å²) in [6.45, 7) is 7.08. The molecular formula is C22H26N2O2S. The van der Waals surface area contributed by atoms with Crippen LogP contribution in [-0.2, 0) is 7.05 Å². The Morgan fingerprint density at radius 2 is 1.85 bits per heavy atom. The standard InChI is InChI=1S/C22H26N2O2S/c1-5-6-7-14-26-18-11-9-17(10-12-18)21(25)23-22-24(4)20-16(3)15(2)8-13-19(20)27-22/h8-13H,5-7,14H2,1-4H3. The first-order valence-corrected chi connectivity index (χ1v) is 10.2. The monoisotopic (exact) mass is 382 g/mol. The molecule has 0 bridgehead atoms. The molecule has 0 saturated carbocycles. The van der Waals surface area contributed by atoms with E-state index in [0.29, 0.717) is 17.0 Å². The molecule has 2 aromatic carbocycles. The second-order valence-corrected chi connectivity index (χ2v) is 7.80. The highest BCUT2D eigenvalue weighted by Gasteiger charge is 2.10. The van der Waals surface area contributed by atoms with Crippen molar-refractivity contribution in [3.8, 4) is 5.75 Å². The smallest absolute Gasteiger partial charge is 0.279 e. The van der Waals surface area contributed by atoms with Crippen molar-refractivity contribution in [2.75, 3.05) is 6.61 Å². The lowest BCUT2D eigenvalue weighted by molar-refractivity contribution is 0.0998. The van der Waals surface area contributed by atoms with Gasteiger partial charge in [-0.1, -0.05) is 37.2 Å². The summed E-state index contributed by atoms with van der Waals surface area (Å²) in [5, 5.41) is 0. The lowest BCUT2D eigenvalue weighted by Crippen LogP contribution is -2.13. The number of hydrogen-bond acceptors (Lipinski definition) is 3. The van der Waals surface area contributed by atoms with Gasteiger partial charge in [0.1, 0.15) is 5.75 Å². The minimum atomic E-state index is -0.232. The highest BCUT2D eigenvalue weighted by atomic mass is 32.1. The van der Waals surface area contributed by atoms with Crippen LogP contribution in [0, 0.1) is 13.8 Å². The second kappa shape index (κ2) is 8.53. The van der Waals surface area contributed by atoms with E-state index in [0.717, 1.165) is 22.4 Å². The van der Waals surface area contributed by atoms with Crippen LogP contribution < -0.4 is 9.54 Å². The number of carbonyl (C=O) groups excluding carboxylic acids is 1. The van der Waals surface area contributed by atoms with Crippen LogP contribution >= 0.6 is 11.3 Å². The molecule has 1 aromatic heterocycles. The van der Waals surface area contributed by atoms with Gasteiger partial charge in [-0.15, -0.1) is 0 Å². The molecular weight excluding hydrogens is 356 g/mol. The van der Waals surface area contributed by atoms with Gasteiger partial charge in [-0.2, -0.15) is 4.99 Å². The lowest BCUT2D eigenvalue weighted by atomic mass is 10.1. The average molecular weight is 383 g/mol. The number of rotatable bonds is 6.